The SMILES string of the molecule is CN(C)CCn1ccc(NC(=O)C(C)(N)c2ccc(Br)cc2)n1. The van der Waals surface area contributed by atoms with Gasteiger partial charge < -0.3 is 16.0 Å². The molecular weight excluding hydrogens is 358 g/mol. The Morgan fingerprint density at radius 3 is 2.61 bits per heavy atom. The normalized spacial score (nSPS) is 13.8. The van der Waals surface area contributed by atoms with Crippen molar-refractivity contribution in [1.82, 2.24) is 14.7 Å². The van der Waals surface area contributed by atoms with Crippen LogP contribution in [0, 0.1) is 0 Å². The van der Waals surface area contributed by atoms with Gasteiger partial charge in [-0.1, -0.05) is 28.1 Å². The summed E-state index contributed by atoms with van der Waals surface area (Å²) in [5, 5.41) is 7.12. The Balaban J connectivity index is 2.04. The molecular formula is C16H22BrN5O. The maximum atomic E-state index is 12.5. The number of carbonyl (C=O) groups is 1. The zero-order valence-corrected chi connectivity index (χ0v) is 15.2. The summed E-state index contributed by atoms with van der Waals surface area (Å²) >= 11 is 3.37. The first-order valence-corrected chi connectivity index (χ1v) is 8.13. The molecule has 2 aromatic rings. The van der Waals surface area contributed by atoms with Crippen LogP contribution < -0.4 is 11.1 Å². The largest absolute Gasteiger partial charge is 0.314 e. The molecule has 0 saturated carbocycles. The minimum absolute atomic E-state index is 0.294. The van der Waals surface area contributed by atoms with E-state index in [9.17, 15) is 4.79 Å². The lowest BCUT2D eigenvalue weighted by molar-refractivity contribution is -0.120. The van der Waals surface area contributed by atoms with Crippen LogP contribution in [0.1, 0.15) is 12.5 Å². The number of hydrogen-bond donors (Lipinski definition) is 2. The van der Waals surface area contributed by atoms with Crippen LogP contribution in [0.25, 0.3) is 0 Å². The van der Waals surface area contributed by atoms with E-state index in [-0.39, 0.29) is 5.91 Å². The van der Waals surface area contributed by atoms with E-state index in [2.05, 4.69) is 31.2 Å². The predicted octanol–water partition coefficient (Wildman–Crippen LogP) is 2.02. The highest BCUT2D eigenvalue weighted by molar-refractivity contribution is 9.10. The molecule has 2 rings (SSSR count). The van der Waals surface area contributed by atoms with Gasteiger partial charge in [-0.15, -0.1) is 0 Å². The molecule has 1 unspecified atom stereocenters. The van der Waals surface area contributed by atoms with Gasteiger partial charge in [0.15, 0.2) is 5.82 Å². The minimum atomic E-state index is -1.13. The molecule has 0 aliphatic carbocycles. The summed E-state index contributed by atoms with van der Waals surface area (Å²) in [6.07, 6.45) is 1.84. The molecule has 124 valence electrons. The topological polar surface area (TPSA) is 76.2 Å². The van der Waals surface area contributed by atoms with E-state index in [1.165, 1.54) is 0 Å². The van der Waals surface area contributed by atoms with Crippen molar-refractivity contribution in [3.63, 3.8) is 0 Å². The van der Waals surface area contributed by atoms with Gasteiger partial charge in [0.25, 0.3) is 0 Å². The van der Waals surface area contributed by atoms with Crippen LogP contribution >= 0.6 is 15.9 Å². The van der Waals surface area contributed by atoms with Crippen molar-refractivity contribution in [3.05, 3.63) is 46.6 Å². The zero-order chi connectivity index (χ0) is 17.0. The summed E-state index contributed by atoms with van der Waals surface area (Å²) in [7, 11) is 4.01. The van der Waals surface area contributed by atoms with E-state index >= 15 is 0 Å². The third-order valence-electron chi connectivity index (χ3n) is 3.57. The van der Waals surface area contributed by atoms with Gasteiger partial charge >= 0.3 is 0 Å². The number of rotatable bonds is 6. The number of halogens is 1. The number of carbonyl (C=O) groups excluding carboxylic acids is 1. The van der Waals surface area contributed by atoms with Gasteiger partial charge in [-0.3, -0.25) is 9.48 Å². The second-order valence-electron chi connectivity index (χ2n) is 5.93. The first kappa shape index (κ1) is 17.7. The Morgan fingerprint density at radius 2 is 2.00 bits per heavy atom. The average Bonchev–Trinajstić information content (AvgIpc) is 2.93. The van der Waals surface area contributed by atoms with Crippen LogP contribution in [0.15, 0.2) is 41.0 Å². The van der Waals surface area contributed by atoms with Gasteiger partial charge in [0, 0.05) is 23.3 Å². The molecule has 0 aliphatic rings. The van der Waals surface area contributed by atoms with Crippen molar-refractivity contribution >= 4 is 27.7 Å². The lowest BCUT2D eigenvalue weighted by Gasteiger charge is -2.23. The molecule has 0 bridgehead atoms. The number of benzene rings is 1. The maximum absolute atomic E-state index is 12.5. The van der Waals surface area contributed by atoms with E-state index in [0.717, 1.165) is 23.1 Å². The molecule has 6 nitrogen and oxygen atoms in total. The molecule has 1 amide bonds. The van der Waals surface area contributed by atoms with Crippen molar-refractivity contribution in [3.8, 4) is 0 Å². The number of likely N-dealkylation sites (N-methyl/N-ethyl adjacent to an activating group) is 1. The lowest BCUT2D eigenvalue weighted by atomic mass is 9.92. The van der Waals surface area contributed by atoms with Crippen LogP contribution in [0.5, 0.6) is 0 Å². The van der Waals surface area contributed by atoms with Crippen molar-refractivity contribution < 1.29 is 4.79 Å². The number of nitrogens with zero attached hydrogens (tertiary/aromatic N) is 3. The fourth-order valence-electron chi connectivity index (χ4n) is 2.03. The van der Waals surface area contributed by atoms with Gasteiger partial charge in [-0.05, 0) is 38.7 Å². The van der Waals surface area contributed by atoms with E-state index in [4.69, 9.17) is 5.73 Å². The van der Waals surface area contributed by atoms with Crippen molar-refractivity contribution in [2.45, 2.75) is 19.0 Å². The Labute approximate surface area is 144 Å². The third kappa shape index (κ3) is 4.63. The van der Waals surface area contributed by atoms with Crippen LogP contribution in [-0.2, 0) is 16.9 Å². The van der Waals surface area contributed by atoms with Gasteiger partial charge in [0.1, 0.15) is 5.54 Å². The summed E-state index contributed by atoms with van der Waals surface area (Å²) in [4.78, 5) is 14.6. The Morgan fingerprint density at radius 1 is 1.35 bits per heavy atom. The lowest BCUT2D eigenvalue weighted by Crippen LogP contribution is -2.45. The molecule has 23 heavy (non-hydrogen) atoms. The van der Waals surface area contributed by atoms with Crippen LogP contribution in [-0.4, -0.2) is 41.2 Å². The Bertz CT molecular complexity index is 663. The maximum Gasteiger partial charge on any atom is 0.249 e. The molecule has 0 aliphatic heterocycles. The molecule has 7 heteroatoms. The highest BCUT2D eigenvalue weighted by atomic mass is 79.9. The molecule has 0 radical (unpaired) electrons. The molecule has 1 aromatic heterocycles. The smallest absolute Gasteiger partial charge is 0.249 e. The van der Waals surface area contributed by atoms with Crippen LogP contribution in [0.4, 0.5) is 5.82 Å². The van der Waals surface area contributed by atoms with E-state index in [1.54, 1.807) is 17.7 Å². The summed E-state index contributed by atoms with van der Waals surface area (Å²) in [5.41, 5.74) is 5.83. The fourth-order valence-corrected chi connectivity index (χ4v) is 2.29. The van der Waals surface area contributed by atoms with Gasteiger partial charge in [0.2, 0.25) is 5.91 Å². The summed E-state index contributed by atoms with van der Waals surface area (Å²) in [5.74, 6) is 0.209. The highest BCUT2D eigenvalue weighted by Gasteiger charge is 2.31. The summed E-state index contributed by atoms with van der Waals surface area (Å²) < 4.78 is 2.74. The second kappa shape index (κ2) is 7.25. The van der Waals surface area contributed by atoms with Gasteiger partial charge in [-0.25, -0.2) is 0 Å². The van der Waals surface area contributed by atoms with Gasteiger partial charge in [0.05, 0.1) is 6.54 Å². The molecule has 1 atom stereocenters. The van der Waals surface area contributed by atoms with Crippen molar-refractivity contribution in [2.75, 3.05) is 26.0 Å². The monoisotopic (exact) mass is 379 g/mol. The van der Waals surface area contributed by atoms with Crippen LogP contribution in [0.2, 0.25) is 0 Å². The quantitative estimate of drug-likeness (QED) is 0.804. The van der Waals surface area contributed by atoms with E-state index in [1.807, 2.05) is 44.6 Å². The molecule has 0 fully saturated rings. The van der Waals surface area contributed by atoms with E-state index in [0.29, 0.717) is 5.82 Å². The summed E-state index contributed by atoms with van der Waals surface area (Å²) in [6, 6.07) is 9.16. The van der Waals surface area contributed by atoms with Crippen LogP contribution in [0.3, 0.4) is 0 Å². The molecule has 0 spiro atoms. The first-order chi connectivity index (χ1) is 10.8. The number of nitrogens with one attached hydrogen (secondary N) is 1. The predicted molar refractivity (Wildman–Crippen MR) is 95.1 cm³/mol. The number of anilines is 1. The highest BCUT2D eigenvalue weighted by Crippen LogP contribution is 2.22. The minimum Gasteiger partial charge on any atom is -0.314 e. The standard InChI is InChI=1S/C16H22BrN5O/c1-16(18,12-4-6-13(17)7-5-12)15(23)19-14-8-9-22(20-14)11-10-21(2)3/h4-9H,10-11,18H2,1-3H3,(H,19,20,23). The van der Waals surface area contributed by atoms with Crippen molar-refractivity contribution in [1.29, 1.82) is 0 Å². The first-order valence-electron chi connectivity index (χ1n) is 7.33. The molecule has 1 heterocycles. The molecule has 1 aromatic carbocycles. The third-order valence-corrected chi connectivity index (χ3v) is 4.10. The molecule has 0 saturated heterocycles. The fraction of sp³-hybridized carbons (Fsp3) is 0.375. The average molecular weight is 380 g/mol. The Kier molecular flexibility index (Phi) is 5.56. The molecule has 3 N–H and O–H groups in total. The van der Waals surface area contributed by atoms with Gasteiger partial charge in [-0.2, -0.15) is 5.10 Å². The summed E-state index contributed by atoms with van der Waals surface area (Å²) in [6.45, 7) is 3.33. The zero-order valence-electron chi connectivity index (χ0n) is 13.6. The number of nitrogens with two attached hydrogens (primary N) is 1. The number of amides is 1. The second-order valence-corrected chi connectivity index (χ2v) is 6.85. The van der Waals surface area contributed by atoms with Crippen molar-refractivity contribution in [2.24, 2.45) is 5.73 Å². The number of hydrogen-bond acceptors (Lipinski definition) is 4. The number of aromatic nitrogens is 2. The Hall–Kier alpha value is -1.70. The van der Waals surface area contributed by atoms with E-state index < -0.39 is 5.54 Å².